The Labute approximate surface area is 605 Å². The van der Waals surface area contributed by atoms with Gasteiger partial charge in [0.05, 0.1) is 0 Å². The first kappa shape index (κ1) is 74.7. The van der Waals surface area contributed by atoms with Crippen molar-refractivity contribution in [1.29, 1.82) is 0 Å². The SMILES string of the molecule is CC(C)[Si]1(C(C)C)COc2ccc(F)cc2-c2cc(C(C)(C)CC(C)(C)C)cc(-n3c4ccc(C(C)(C)C)cc4c4cc(C(C)(C)C)ccc43)c2[O][Hf]([CH3])([CH3])[O]c2c(cc(C(C)(C)CC(C)(C)C)cc2-n2c3ccc(C(C)(C)C)cc3c3cc(C(C)(C)C)ccc32)-c2cc(F)ccc2OC1. The van der Waals surface area contributed by atoms with Crippen molar-refractivity contribution < 1.29 is 44.8 Å². The van der Waals surface area contributed by atoms with Gasteiger partial charge in [0.2, 0.25) is 0 Å². The summed E-state index contributed by atoms with van der Waals surface area (Å²) in [5.41, 5.74) is 14.3. The van der Waals surface area contributed by atoms with Crippen LogP contribution in [-0.4, -0.2) is 29.7 Å². The molecule has 0 atom stereocenters. The molecule has 0 bridgehead atoms. The van der Waals surface area contributed by atoms with Crippen LogP contribution in [0.1, 0.15) is 226 Å². The molecule has 10 aromatic rings. The van der Waals surface area contributed by atoms with Crippen molar-refractivity contribution in [3.63, 3.8) is 0 Å². The fourth-order valence-corrected chi connectivity index (χ4v) is 25.1. The van der Waals surface area contributed by atoms with E-state index in [2.05, 4.69) is 296 Å². The molecule has 0 N–H and O–H groups in total. The van der Waals surface area contributed by atoms with Gasteiger partial charge in [-0.05, 0) is 0 Å². The van der Waals surface area contributed by atoms with Crippen molar-refractivity contribution in [3.05, 3.63) is 178 Å². The van der Waals surface area contributed by atoms with Gasteiger partial charge in [-0.1, -0.05) is 0 Å². The van der Waals surface area contributed by atoms with Crippen LogP contribution in [0, 0.1) is 22.5 Å². The molecule has 10 heteroatoms. The molecule has 1 aliphatic heterocycles. The van der Waals surface area contributed by atoms with Gasteiger partial charge in [-0.25, -0.2) is 0 Å². The van der Waals surface area contributed by atoms with Gasteiger partial charge in [0, 0.05) is 0 Å². The molecule has 11 rings (SSSR count). The second kappa shape index (κ2) is 25.7. The average Bonchev–Trinajstić information content (AvgIpc) is 1.50. The summed E-state index contributed by atoms with van der Waals surface area (Å²) in [4.78, 5) is 0. The van der Waals surface area contributed by atoms with Gasteiger partial charge in [0.1, 0.15) is 0 Å². The summed E-state index contributed by atoms with van der Waals surface area (Å²) in [6.45, 7) is 59.8. The monoisotopic (exact) mass is 1530 g/mol. The van der Waals surface area contributed by atoms with Gasteiger partial charge in [-0.15, -0.1) is 0 Å². The zero-order valence-electron chi connectivity index (χ0n) is 66.0. The van der Waals surface area contributed by atoms with Crippen molar-refractivity contribution in [2.75, 3.05) is 12.5 Å². The number of rotatable bonds is 8. The molecule has 8 aromatic carbocycles. The topological polar surface area (TPSA) is 46.8 Å². The molecule has 0 saturated carbocycles. The molecule has 0 spiro atoms. The summed E-state index contributed by atoms with van der Waals surface area (Å²) in [5.74, 6) is 1.53. The van der Waals surface area contributed by atoms with E-state index in [0.29, 0.717) is 46.6 Å². The minimum atomic E-state index is -5.18. The van der Waals surface area contributed by atoms with Crippen LogP contribution in [0.5, 0.6) is 23.0 Å². The van der Waals surface area contributed by atoms with E-state index in [9.17, 15) is 0 Å². The third kappa shape index (κ3) is 14.7. The van der Waals surface area contributed by atoms with E-state index in [0.717, 1.165) is 90.1 Å². The molecular formula is C90H116F2HfN2O4Si. The van der Waals surface area contributed by atoms with Crippen LogP contribution in [0.25, 0.3) is 77.2 Å². The van der Waals surface area contributed by atoms with E-state index in [1.165, 1.54) is 34.4 Å². The van der Waals surface area contributed by atoms with Crippen LogP contribution in [-0.2, 0) is 53.3 Å². The Morgan fingerprint density at radius 3 is 0.920 bits per heavy atom. The van der Waals surface area contributed by atoms with Crippen molar-refractivity contribution in [1.82, 2.24) is 9.13 Å². The Bertz CT molecular complexity index is 4360. The molecule has 0 saturated heterocycles. The van der Waals surface area contributed by atoms with Gasteiger partial charge in [-0.2, -0.15) is 0 Å². The molecule has 0 amide bonds. The molecule has 0 radical (unpaired) electrons. The molecule has 6 nitrogen and oxygen atoms in total. The zero-order chi connectivity index (χ0) is 73.5. The average molecular weight is 1530 g/mol. The van der Waals surface area contributed by atoms with E-state index in [4.69, 9.17) is 15.2 Å². The maximum absolute atomic E-state index is 17.1. The van der Waals surface area contributed by atoms with Crippen molar-refractivity contribution in [2.24, 2.45) is 10.8 Å². The first-order valence-corrected chi connectivity index (χ1v) is 49.5. The number of hydrogen-bond acceptors (Lipinski definition) is 4. The van der Waals surface area contributed by atoms with E-state index >= 15 is 8.78 Å². The number of ether oxygens (including phenoxy) is 2. The van der Waals surface area contributed by atoms with Gasteiger partial charge < -0.3 is 0 Å². The number of benzene rings is 8. The second-order valence-corrected chi connectivity index (χ2v) is 55.5. The van der Waals surface area contributed by atoms with Crippen LogP contribution in [0.4, 0.5) is 8.78 Å². The van der Waals surface area contributed by atoms with Crippen molar-refractivity contribution in [3.8, 4) is 56.6 Å². The number of nitrogens with zero attached hydrogens (tertiary/aromatic N) is 2. The Morgan fingerprint density at radius 2 is 0.660 bits per heavy atom. The third-order valence-electron chi connectivity index (χ3n) is 21.6. The number of aromatic nitrogens is 2. The summed E-state index contributed by atoms with van der Waals surface area (Å²) in [6.07, 6.45) is 2.44. The summed E-state index contributed by atoms with van der Waals surface area (Å²) < 4.78 is 75.1. The predicted molar refractivity (Wildman–Crippen MR) is 421 cm³/mol. The number of halogens is 2. The van der Waals surface area contributed by atoms with E-state index in [1.807, 2.05) is 12.1 Å². The minimum absolute atomic E-state index is 0.0676. The van der Waals surface area contributed by atoms with Crippen LogP contribution < -0.4 is 15.2 Å². The third-order valence-corrected chi connectivity index (χ3v) is 32.5. The normalized spacial score (nSPS) is 15.4. The van der Waals surface area contributed by atoms with Crippen LogP contribution >= 0.6 is 0 Å². The molecule has 0 fully saturated rings. The molecule has 1 aliphatic rings. The van der Waals surface area contributed by atoms with Crippen LogP contribution in [0.2, 0.25) is 20.4 Å². The van der Waals surface area contributed by atoms with Gasteiger partial charge in [0.15, 0.2) is 0 Å². The number of hydrogen-bond donors (Lipinski definition) is 0. The van der Waals surface area contributed by atoms with Gasteiger partial charge >= 0.3 is 610 Å². The Balaban J connectivity index is 1.35. The Kier molecular flexibility index (Phi) is 19.2. The fraction of sp³-hybridized carbons (Fsp3) is 0.467. The van der Waals surface area contributed by atoms with E-state index in [1.54, 1.807) is 12.1 Å². The first-order valence-electron chi connectivity index (χ1n) is 36.8. The molecule has 0 unspecified atom stereocenters. The fourth-order valence-electron chi connectivity index (χ4n) is 16.2. The van der Waals surface area contributed by atoms with Gasteiger partial charge in [-0.3, -0.25) is 0 Å². The van der Waals surface area contributed by atoms with Crippen molar-refractivity contribution >= 4 is 51.7 Å². The molecule has 100 heavy (non-hydrogen) atoms. The molecular weight excluding hydrogens is 1420 g/mol. The molecule has 532 valence electrons. The molecule has 0 aliphatic carbocycles. The van der Waals surface area contributed by atoms with Crippen molar-refractivity contribution in [2.45, 2.75) is 246 Å². The second-order valence-electron chi connectivity index (χ2n) is 38.6. The summed E-state index contributed by atoms with van der Waals surface area (Å²) in [5, 5.41) is 4.56. The van der Waals surface area contributed by atoms with Gasteiger partial charge in [0.25, 0.3) is 0 Å². The van der Waals surface area contributed by atoms with Crippen LogP contribution in [0.15, 0.2) is 133 Å². The Morgan fingerprint density at radius 1 is 0.370 bits per heavy atom. The predicted octanol–water partition coefficient (Wildman–Crippen LogP) is 26.8. The quantitative estimate of drug-likeness (QED) is 0.142. The number of fused-ring (bicyclic) bond motifs is 12. The maximum atomic E-state index is 17.1. The first-order chi connectivity index (χ1) is 46.0. The standard InChI is InChI=1S/C88H112F2N2O4Si.2CH3.Hf/c1-53(2)97(54(3)4,51-95-77-37-31-61(89)47-67(77)69-43-59(87(23,24)49-81(5,6)7)45-75(79(69)93)91-71-33-27-55(83(11,12)13)39-63(71)64-40-56(84(14,15)16)28-34-72(64)91)52-96-78-38-32-62(90)48-68(78)70-44-60(88(25,26)50-82(8,9)10)46-76(80(70)94)92-73-35-29-57(85(17,18)19)41-65(73)66-42-58(86(20,21)22)30-36-74(66)92;;;/h27-48,53-54,93-94H,49-52H2,1-26H3;2*1H3;/q;;;+2/p-2. The molecule has 2 aromatic heterocycles. The van der Waals surface area contributed by atoms with E-state index in [-0.39, 0.29) is 55.2 Å². The van der Waals surface area contributed by atoms with E-state index < -0.39 is 39.7 Å². The summed E-state index contributed by atoms with van der Waals surface area (Å²) in [7, 11) is -2.77. The Hall–Kier alpha value is -6.49. The van der Waals surface area contributed by atoms with Crippen LogP contribution in [0.3, 0.4) is 0 Å². The molecule has 3 heterocycles. The summed E-state index contributed by atoms with van der Waals surface area (Å²) >= 11 is -5.18. The summed E-state index contributed by atoms with van der Waals surface area (Å²) in [6, 6.07) is 47.2. The zero-order valence-corrected chi connectivity index (χ0v) is 70.6.